The van der Waals surface area contributed by atoms with E-state index in [1.54, 1.807) is 0 Å². The molecular formula is C17H22N6O. The molecule has 3 aliphatic rings. The summed E-state index contributed by atoms with van der Waals surface area (Å²) in [6, 6.07) is 6.05. The zero-order valence-corrected chi connectivity index (χ0v) is 13.6. The van der Waals surface area contributed by atoms with Gasteiger partial charge in [-0.05, 0) is 42.9 Å². The Bertz CT molecular complexity index is 747. The predicted octanol–water partition coefficient (Wildman–Crippen LogP) is 0.969. The van der Waals surface area contributed by atoms with E-state index in [0.717, 1.165) is 42.5 Å². The number of fused-ring (bicyclic) bond motifs is 1. The lowest BCUT2D eigenvalue weighted by Gasteiger charge is -2.46. The van der Waals surface area contributed by atoms with E-state index in [4.69, 9.17) is 16.5 Å². The van der Waals surface area contributed by atoms with Crippen LogP contribution < -0.4 is 21.7 Å². The second-order valence-electron chi connectivity index (χ2n) is 6.69. The van der Waals surface area contributed by atoms with Gasteiger partial charge >= 0.3 is 0 Å². The van der Waals surface area contributed by atoms with Crippen molar-refractivity contribution in [1.29, 1.82) is 0 Å². The molecule has 1 saturated carbocycles. The van der Waals surface area contributed by atoms with E-state index in [-0.39, 0.29) is 11.9 Å². The molecule has 5 N–H and O–H groups in total. The molecule has 0 aromatic heterocycles. The van der Waals surface area contributed by atoms with Crippen molar-refractivity contribution in [2.24, 2.45) is 21.5 Å². The maximum absolute atomic E-state index is 11.9. The Labute approximate surface area is 140 Å². The van der Waals surface area contributed by atoms with Gasteiger partial charge in [-0.3, -0.25) is 9.69 Å². The van der Waals surface area contributed by atoms with Crippen LogP contribution in [0.2, 0.25) is 0 Å². The number of benzene rings is 1. The smallest absolute Gasteiger partial charge is 0.224 e. The molecule has 1 spiro atoms. The van der Waals surface area contributed by atoms with Gasteiger partial charge in [0.1, 0.15) is 5.66 Å². The van der Waals surface area contributed by atoms with Crippen molar-refractivity contribution in [3.63, 3.8) is 0 Å². The minimum Gasteiger partial charge on any atom is -0.369 e. The van der Waals surface area contributed by atoms with Crippen molar-refractivity contribution in [2.75, 3.05) is 4.90 Å². The summed E-state index contributed by atoms with van der Waals surface area (Å²) in [6.45, 7) is 0.547. The van der Waals surface area contributed by atoms with Gasteiger partial charge in [-0.2, -0.15) is 4.99 Å². The Balaban J connectivity index is 1.85. The maximum atomic E-state index is 11.9. The molecule has 1 aliphatic carbocycles. The van der Waals surface area contributed by atoms with Crippen LogP contribution >= 0.6 is 0 Å². The second-order valence-corrected chi connectivity index (χ2v) is 6.69. The Morgan fingerprint density at radius 3 is 2.75 bits per heavy atom. The number of nitrogens with two attached hydrogens (primary N) is 2. The standard InChI is InChI=1S/C17H22N6O/c18-15-21-16(19)23(17(22-15)7-2-1-3-8-17)13-6-4-5-11-10-20-14(24)9-12(11)13/h4-6H,1-3,7-10H2,(H,20,24)(H4,18,19,21,22). The number of hydrogen-bond acceptors (Lipinski definition) is 6. The summed E-state index contributed by atoms with van der Waals surface area (Å²) < 4.78 is 0. The number of nitrogens with one attached hydrogen (secondary N) is 1. The summed E-state index contributed by atoms with van der Waals surface area (Å²) in [7, 11) is 0. The second kappa shape index (κ2) is 5.51. The molecule has 2 heterocycles. The van der Waals surface area contributed by atoms with Gasteiger partial charge < -0.3 is 16.8 Å². The fourth-order valence-corrected chi connectivity index (χ4v) is 4.09. The van der Waals surface area contributed by atoms with Crippen molar-refractivity contribution >= 4 is 23.5 Å². The molecular weight excluding hydrogens is 304 g/mol. The van der Waals surface area contributed by atoms with Crippen molar-refractivity contribution < 1.29 is 4.79 Å². The summed E-state index contributed by atoms with van der Waals surface area (Å²) in [5, 5.41) is 2.89. The summed E-state index contributed by atoms with van der Waals surface area (Å²) in [5.41, 5.74) is 14.8. The first kappa shape index (κ1) is 15.0. The molecule has 2 aliphatic heterocycles. The Kier molecular flexibility index (Phi) is 3.44. The highest BCUT2D eigenvalue weighted by Crippen LogP contribution is 2.41. The molecule has 24 heavy (non-hydrogen) atoms. The van der Waals surface area contributed by atoms with E-state index in [2.05, 4.69) is 10.3 Å². The van der Waals surface area contributed by atoms with Crippen LogP contribution in [0.3, 0.4) is 0 Å². The molecule has 0 saturated heterocycles. The number of rotatable bonds is 1. The summed E-state index contributed by atoms with van der Waals surface area (Å²) in [4.78, 5) is 22.8. The highest BCUT2D eigenvalue weighted by atomic mass is 16.1. The van der Waals surface area contributed by atoms with Gasteiger partial charge in [0.15, 0.2) is 0 Å². The van der Waals surface area contributed by atoms with E-state index >= 15 is 0 Å². The first-order valence-electron chi connectivity index (χ1n) is 8.46. The quantitative estimate of drug-likeness (QED) is 0.714. The van der Waals surface area contributed by atoms with E-state index in [0.29, 0.717) is 18.9 Å². The van der Waals surface area contributed by atoms with Crippen molar-refractivity contribution in [2.45, 2.75) is 50.7 Å². The fraction of sp³-hybridized carbons (Fsp3) is 0.471. The van der Waals surface area contributed by atoms with Gasteiger partial charge in [0.05, 0.1) is 12.1 Å². The van der Waals surface area contributed by atoms with Crippen LogP contribution in [0.4, 0.5) is 5.69 Å². The molecule has 0 bridgehead atoms. The van der Waals surface area contributed by atoms with E-state index in [1.807, 2.05) is 23.1 Å². The molecule has 7 nitrogen and oxygen atoms in total. The Morgan fingerprint density at radius 1 is 1.17 bits per heavy atom. The van der Waals surface area contributed by atoms with Crippen LogP contribution in [0.5, 0.6) is 0 Å². The summed E-state index contributed by atoms with van der Waals surface area (Å²) >= 11 is 0. The molecule has 0 unspecified atom stereocenters. The van der Waals surface area contributed by atoms with Crippen LogP contribution in [0.1, 0.15) is 43.2 Å². The fourth-order valence-electron chi connectivity index (χ4n) is 4.09. The lowest BCUT2D eigenvalue weighted by atomic mass is 9.86. The molecule has 0 radical (unpaired) electrons. The van der Waals surface area contributed by atoms with Gasteiger partial charge in [0.25, 0.3) is 0 Å². The number of anilines is 1. The number of guanidine groups is 2. The topological polar surface area (TPSA) is 109 Å². The SMILES string of the molecule is NC1=NC2(CCCCC2)N(c2cccc3c2CC(=O)NC3)C(N)=N1. The lowest BCUT2D eigenvalue weighted by Crippen LogP contribution is -2.58. The van der Waals surface area contributed by atoms with E-state index in [1.165, 1.54) is 6.42 Å². The highest BCUT2D eigenvalue weighted by molar-refractivity contribution is 6.06. The summed E-state index contributed by atoms with van der Waals surface area (Å²) in [5.74, 6) is 0.639. The Morgan fingerprint density at radius 2 is 1.96 bits per heavy atom. The van der Waals surface area contributed by atoms with Crippen LogP contribution in [-0.4, -0.2) is 23.5 Å². The van der Waals surface area contributed by atoms with Gasteiger partial charge in [0, 0.05) is 6.54 Å². The zero-order chi connectivity index (χ0) is 16.7. The average Bonchev–Trinajstić information content (AvgIpc) is 2.55. The van der Waals surface area contributed by atoms with Crippen LogP contribution in [0, 0.1) is 0 Å². The first-order chi connectivity index (χ1) is 11.6. The number of carbonyl (C=O) groups excluding carboxylic acids is 1. The molecule has 1 fully saturated rings. The van der Waals surface area contributed by atoms with Crippen molar-refractivity contribution in [3.8, 4) is 0 Å². The first-order valence-corrected chi connectivity index (χ1v) is 8.46. The van der Waals surface area contributed by atoms with Crippen LogP contribution in [0.25, 0.3) is 0 Å². The number of aliphatic imine (C=N–C) groups is 2. The maximum Gasteiger partial charge on any atom is 0.224 e. The molecule has 4 rings (SSSR count). The molecule has 1 aromatic carbocycles. The van der Waals surface area contributed by atoms with Gasteiger partial charge in [-0.15, -0.1) is 0 Å². The molecule has 7 heteroatoms. The van der Waals surface area contributed by atoms with Gasteiger partial charge in [0.2, 0.25) is 17.8 Å². The van der Waals surface area contributed by atoms with E-state index < -0.39 is 5.66 Å². The number of amides is 1. The average molecular weight is 326 g/mol. The largest absolute Gasteiger partial charge is 0.369 e. The highest BCUT2D eigenvalue weighted by Gasteiger charge is 2.43. The number of nitrogens with zero attached hydrogens (tertiary/aromatic N) is 3. The van der Waals surface area contributed by atoms with Gasteiger partial charge in [-0.25, -0.2) is 4.99 Å². The third-order valence-corrected chi connectivity index (χ3v) is 5.15. The minimum absolute atomic E-state index is 0.0307. The third-order valence-electron chi connectivity index (χ3n) is 5.15. The number of hydrogen-bond donors (Lipinski definition) is 3. The zero-order valence-electron chi connectivity index (χ0n) is 13.6. The molecule has 0 atom stereocenters. The third kappa shape index (κ3) is 2.31. The molecule has 1 amide bonds. The number of carbonyl (C=O) groups is 1. The predicted molar refractivity (Wildman–Crippen MR) is 93.5 cm³/mol. The van der Waals surface area contributed by atoms with Crippen LogP contribution in [0.15, 0.2) is 28.2 Å². The molecule has 126 valence electrons. The lowest BCUT2D eigenvalue weighted by molar-refractivity contribution is -0.121. The van der Waals surface area contributed by atoms with Crippen molar-refractivity contribution in [3.05, 3.63) is 29.3 Å². The summed E-state index contributed by atoms with van der Waals surface area (Å²) in [6.07, 6.45) is 5.48. The normalized spacial score (nSPS) is 22.5. The Hall–Kier alpha value is -2.57. The van der Waals surface area contributed by atoms with Gasteiger partial charge in [-0.1, -0.05) is 18.6 Å². The van der Waals surface area contributed by atoms with Crippen molar-refractivity contribution in [1.82, 2.24) is 5.32 Å². The van der Waals surface area contributed by atoms with Crippen LogP contribution in [-0.2, 0) is 17.8 Å². The molecule has 1 aromatic rings. The monoisotopic (exact) mass is 326 g/mol. The van der Waals surface area contributed by atoms with E-state index in [9.17, 15) is 4.79 Å². The minimum atomic E-state index is -0.475.